The lowest BCUT2D eigenvalue weighted by molar-refractivity contribution is -0.118. The van der Waals surface area contributed by atoms with Gasteiger partial charge in [0.25, 0.3) is 0 Å². The van der Waals surface area contributed by atoms with Crippen molar-refractivity contribution in [3.05, 3.63) is 60.7 Å². The fraction of sp³-hybridized carbons (Fsp3) is 0.176. The van der Waals surface area contributed by atoms with Crippen LogP contribution in [0.1, 0.15) is 5.56 Å². The van der Waals surface area contributed by atoms with E-state index in [0.29, 0.717) is 12.3 Å². The second kappa shape index (κ2) is 7.19. The molecule has 0 aliphatic heterocycles. The van der Waals surface area contributed by atoms with Crippen LogP contribution >= 0.6 is 11.8 Å². The Bertz CT molecular complexity index is 767. The van der Waals surface area contributed by atoms with Crippen LogP contribution in [0.25, 0.3) is 11.3 Å². The molecule has 2 aromatic heterocycles. The van der Waals surface area contributed by atoms with E-state index in [4.69, 9.17) is 4.42 Å². The van der Waals surface area contributed by atoms with Crippen molar-refractivity contribution in [1.82, 2.24) is 14.9 Å². The summed E-state index contributed by atoms with van der Waals surface area (Å²) in [7, 11) is 1.96. The maximum atomic E-state index is 11.9. The summed E-state index contributed by atoms with van der Waals surface area (Å²) in [5, 5.41) is 3.68. The van der Waals surface area contributed by atoms with E-state index in [0.717, 1.165) is 22.0 Å². The van der Waals surface area contributed by atoms with E-state index in [9.17, 15) is 4.79 Å². The van der Waals surface area contributed by atoms with Crippen LogP contribution in [-0.2, 0) is 18.4 Å². The first kappa shape index (κ1) is 15.4. The molecule has 0 bridgehead atoms. The molecule has 0 spiro atoms. The van der Waals surface area contributed by atoms with Gasteiger partial charge < -0.3 is 14.3 Å². The standard InChI is InChI=1S/C17H17N3O2S/c1-20-15(14-5-3-2-4-6-14)10-19-17(20)23-12-16(21)18-9-13-7-8-22-11-13/h2-8,10-11H,9,12H2,1H3,(H,18,21). The average molecular weight is 327 g/mol. The van der Waals surface area contributed by atoms with Gasteiger partial charge in [-0.1, -0.05) is 42.1 Å². The van der Waals surface area contributed by atoms with Crippen LogP contribution in [-0.4, -0.2) is 21.2 Å². The Morgan fingerprint density at radius 1 is 1.30 bits per heavy atom. The monoisotopic (exact) mass is 327 g/mol. The number of carbonyl (C=O) groups is 1. The van der Waals surface area contributed by atoms with E-state index in [1.165, 1.54) is 11.8 Å². The van der Waals surface area contributed by atoms with E-state index < -0.39 is 0 Å². The number of hydrogen-bond acceptors (Lipinski definition) is 4. The number of hydrogen-bond donors (Lipinski definition) is 1. The summed E-state index contributed by atoms with van der Waals surface area (Å²) in [6.45, 7) is 0.478. The zero-order valence-corrected chi connectivity index (χ0v) is 13.5. The minimum Gasteiger partial charge on any atom is -0.472 e. The van der Waals surface area contributed by atoms with Gasteiger partial charge in [-0.05, 0) is 11.6 Å². The lowest BCUT2D eigenvalue weighted by Gasteiger charge is -2.06. The molecule has 23 heavy (non-hydrogen) atoms. The molecule has 3 rings (SSSR count). The van der Waals surface area contributed by atoms with Crippen LogP contribution in [0.2, 0.25) is 0 Å². The van der Waals surface area contributed by atoms with Gasteiger partial charge in [0.05, 0.1) is 30.2 Å². The molecule has 2 heterocycles. The molecule has 0 radical (unpaired) electrons. The number of thioether (sulfide) groups is 1. The quantitative estimate of drug-likeness (QED) is 0.707. The molecule has 0 aliphatic rings. The number of benzene rings is 1. The number of carbonyl (C=O) groups excluding carboxylic acids is 1. The molecule has 0 saturated heterocycles. The smallest absolute Gasteiger partial charge is 0.230 e. The third kappa shape index (κ3) is 3.84. The van der Waals surface area contributed by atoms with Gasteiger partial charge in [-0.15, -0.1) is 0 Å². The summed E-state index contributed by atoms with van der Waals surface area (Å²) < 4.78 is 6.97. The van der Waals surface area contributed by atoms with E-state index in [1.807, 2.05) is 54.2 Å². The number of imidazole rings is 1. The molecule has 0 fully saturated rings. The van der Waals surface area contributed by atoms with Gasteiger partial charge in [-0.25, -0.2) is 4.98 Å². The number of rotatable bonds is 6. The minimum absolute atomic E-state index is 0.0274. The molecule has 1 amide bonds. The zero-order chi connectivity index (χ0) is 16.1. The molecule has 0 aliphatic carbocycles. The molecule has 0 atom stereocenters. The van der Waals surface area contributed by atoms with Gasteiger partial charge in [-0.2, -0.15) is 0 Å². The van der Waals surface area contributed by atoms with Crippen molar-refractivity contribution < 1.29 is 9.21 Å². The number of furan rings is 1. The van der Waals surface area contributed by atoms with Gasteiger partial charge in [0.15, 0.2) is 5.16 Å². The second-order valence-electron chi connectivity index (χ2n) is 5.05. The summed E-state index contributed by atoms with van der Waals surface area (Å²) >= 11 is 1.42. The van der Waals surface area contributed by atoms with Gasteiger partial charge in [-0.3, -0.25) is 4.79 Å². The largest absolute Gasteiger partial charge is 0.472 e. The summed E-state index contributed by atoms with van der Waals surface area (Å²) in [6, 6.07) is 11.9. The minimum atomic E-state index is -0.0274. The Balaban J connectivity index is 1.56. The number of nitrogens with one attached hydrogen (secondary N) is 1. The maximum absolute atomic E-state index is 11.9. The van der Waals surface area contributed by atoms with Gasteiger partial charge >= 0.3 is 0 Å². The maximum Gasteiger partial charge on any atom is 0.230 e. The van der Waals surface area contributed by atoms with Crippen molar-refractivity contribution in [2.75, 3.05) is 5.75 Å². The Hall–Kier alpha value is -2.47. The molecule has 3 aromatic rings. The lowest BCUT2D eigenvalue weighted by atomic mass is 10.2. The summed E-state index contributed by atoms with van der Waals surface area (Å²) in [5.74, 6) is 0.303. The Labute approximate surface area is 138 Å². The highest BCUT2D eigenvalue weighted by Crippen LogP contribution is 2.24. The highest BCUT2D eigenvalue weighted by Gasteiger charge is 2.11. The molecule has 5 nitrogen and oxygen atoms in total. The molecule has 1 aromatic carbocycles. The van der Waals surface area contributed by atoms with Crippen LogP contribution in [0, 0.1) is 0 Å². The van der Waals surface area contributed by atoms with E-state index in [1.54, 1.807) is 12.5 Å². The number of nitrogens with zero attached hydrogens (tertiary/aromatic N) is 2. The fourth-order valence-electron chi connectivity index (χ4n) is 2.18. The molecular formula is C17H17N3O2S. The predicted molar refractivity (Wildman–Crippen MR) is 89.9 cm³/mol. The van der Waals surface area contributed by atoms with Crippen molar-refractivity contribution in [3.8, 4) is 11.3 Å². The molecule has 6 heteroatoms. The molecular weight excluding hydrogens is 310 g/mol. The third-order valence-electron chi connectivity index (χ3n) is 3.42. The second-order valence-corrected chi connectivity index (χ2v) is 5.99. The van der Waals surface area contributed by atoms with Crippen molar-refractivity contribution in [1.29, 1.82) is 0 Å². The first-order valence-corrected chi connectivity index (χ1v) is 8.20. The number of amides is 1. The van der Waals surface area contributed by atoms with Crippen molar-refractivity contribution in [2.24, 2.45) is 7.05 Å². The first-order valence-electron chi connectivity index (χ1n) is 7.22. The SMILES string of the molecule is Cn1c(-c2ccccc2)cnc1SCC(=O)NCc1ccoc1. The van der Waals surface area contributed by atoms with Crippen molar-refractivity contribution in [3.63, 3.8) is 0 Å². The molecule has 0 saturated carbocycles. The predicted octanol–water partition coefficient (Wildman–Crippen LogP) is 3.09. The van der Waals surface area contributed by atoms with E-state index >= 15 is 0 Å². The highest BCUT2D eigenvalue weighted by atomic mass is 32.2. The van der Waals surface area contributed by atoms with Crippen LogP contribution < -0.4 is 5.32 Å². The normalized spacial score (nSPS) is 10.7. The summed E-state index contributed by atoms with van der Waals surface area (Å²) in [6.07, 6.45) is 5.05. The number of aromatic nitrogens is 2. The Kier molecular flexibility index (Phi) is 4.83. The average Bonchev–Trinajstić information content (AvgIpc) is 3.22. The zero-order valence-electron chi connectivity index (χ0n) is 12.7. The van der Waals surface area contributed by atoms with Crippen molar-refractivity contribution in [2.45, 2.75) is 11.7 Å². The fourth-order valence-corrected chi connectivity index (χ4v) is 2.96. The van der Waals surface area contributed by atoms with Gasteiger partial charge in [0, 0.05) is 19.2 Å². The van der Waals surface area contributed by atoms with Crippen LogP contribution in [0.3, 0.4) is 0 Å². The highest BCUT2D eigenvalue weighted by molar-refractivity contribution is 7.99. The first-order chi connectivity index (χ1) is 11.2. The molecule has 1 N–H and O–H groups in total. The van der Waals surface area contributed by atoms with Crippen LogP contribution in [0.4, 0.5) is 0 Å². The summed E-state index contributed by atoms with van der Waals surface area (Å²) in [5.41, 5.74) is 3.09. The van der Waals surface area contributed by atoms with Crippen LogP contribution in [0.5, 0.6) is 0 Å². The van der Waals surface area contributed by atoms with Crippen molar-refractivity contribution >= 4 is 17.7 Å². The Morgan fingerprint density at radius 2 is 2.13 bits per heavy atom. The topological polar surface area (TPSA) is 60.1 Å². The molecule has 0 unspecified atom stereocenters. The summed E-state index contributed by atoms with van der Waals surface area (Å²) in [4.78, 5) is 16.3. The van der Waals surface area contributed by atoms with Gasteiger partial charge in [0.2, 0.25) is 5.91 Å². The van der Waals surface area contributed by atoms with E-state index in [2.05, 4.69) is 10.3 Å². The van der Waals surface area contributed by atoms with Gasteiger partial charge in [0.1, 0.15) is 0 Å². The molecule has 118 valence electrons. The third-order valence-corrected chi connectivity index (χ3v) is 4.46. The van der Waals surface area contributed by atoms with Crippen LogP contribution in [0.15, 0.2) is 64.7 Å². The van der Waals surface area contributed by atoms with E-state index in [-0.39, 0.29) is 5.91 Å². The lowest BCUT2D eigenvalue weighted by Crippen LogP contribution is -2.24. The Morgan fingerprint density at radius 3 is 2.87 bits per heavy atom.